The molecule has 1 heterocycles. The smallest absolute Gasteiger partial charge is 0.251 e. The molecule has 0 aliphatic rings. The Morgan fingerprint density at radius 1 is 0.886 bits per heavy atom. The van der Waals surface area contributed by atoms with E-state index in [1.165, 1.54) is 0 Å². The highest BCUT2D eigenvalue weighted by Gasteiger charge is 2.12. The average Bonchev–Trinajstić information content (AvgIpc) is 3.04. The number of pyridine rings is 1. The van der Waals surface area contributed by atoms with Crippen molar-refractivity contribution >= 4 is 17.6 Å². The Balaban J connectivity index is 1.17. The highest BCUT2D eigenvalue weighted by atomic mass is 16.5. The summed E-state index contributed by atoms with van der Waals surface area (Å²) in [6, 6.07) is 26.5. The fourth-order valence-electron chi connectivity index (χ4n) is 4.71. The van der Waals surface area contributed by atoms with Gasteiger partial charge in [-0.05, 0) is 61.2 Å². The van der Waals surface area contributed by atoms with Crippen LogP contribution < -0.4 is 26.4 Å². The van der Waals surface area contributed by atoms with E-state index in [2.05, 4.69) is 27.9 Å². The number of hydrogen-bond acceptors (Lipinski definition) is 7. The van der Waals surface area contributed by atoms with Gasteiger partial charge < -0.3 is 31.5 Å². The number of anilines is 1. The van der Waals surface area contributed by atoms with E-state index in [4.69, 9.17) is 10.5 Å². The number of nitrogens with two attached hydrogens (primary N) is 1. The number of nitrogens with one attached hydrogen (secondary N) is 3. The Morgan fingerprint density at radius 2 is 1.59 bits per heavy atom. The maximum atomic E-state index is 12.6. The Labute approximate surface area is 258 Å². The van der Waals surface area contributed by atoms with Crippen molar-refractivity contribution in [1.82, 2.24) is 20.9 Å². The van der Waals surface area contributed by atoms with Crippen molar-refractivity contribution < 1.29 is 19.4 Å². The molecule has 0 spiro atoms. The summed E-state index contributed by atoms with van der Waals surface area (Å²) < 4.78 is 5.62. The molecule has 0 saturated heterocycles. The fraction of sp³-hybridized carbons (Fsp3) is 0.286. The molecule has 1 aromatic heterocycles. The monoisotopic (exact) mass is 595 g/mol. The van der Waals surface area contributed by atoms with Crippen molar-refractivity contribution in [2.24, 2.45) is 0 Å². The van der Waals surface area contributed by atoms with Gasteiger partial charge in [-0.15, -0.1) is 0 Å². The summed E-state index contributed by atoms with van der Waals surface area (Å²) in [4.78, 5) is 29.2. The Kier molecular flexibility index (Phi) is 11.9. The maximum Gasteiger partial charge on any atom is 0.251 e. The van der Waals surface area contributed by atoms with E-state index in [1.807, 2.05) is 67.6 Å². The molecule has 230 valence electrons. The first-order valence-corrected chi connectivity index (χ1v) is 14.9. The van der Waals surface area contributed by atoms with Crippen molar-refractivity contribution in [3.05, 3.63) is 125 Å². The van der Waals surface area contributed by atoms with Crippen LogP contribution in [0.3, 0.4) is 0 Å². The molecule has 4 rings (SSSR count). The molecule has 9 nitrogen and oxygen atoms in total. The van der Waals surface area contributed by atoms with Crippen LogP contribution in [-0.2, 0) is 30.7 Å². The van der Waals surface area contributed by atoms with Crippen LogP contribution in [0.25, 0.3) is 0 Å². The van der Waals surface area contributed by atoms with Crippen molar-refractivity contribution in [3.63, 3.8) is 0 Å². The van der Waals surface area contributed by atoms with E-state index in [0.29, 0.717) is 37.6 Å². The normalized spacial score (nSPS) is 12.2. The van der Waals surface area contributed by atoms with Gasteiger partial charge >= 0.3 is 0 Å². The van der Waals surface area contributed by atoms with E-state index >= 15 is 0 Å². The number of nitrogens with zero attached hydrogens (tertiary/aromatic N) is 1. The molecule has 3 aromatic carbocycles. The van der Waals surface area contributed by atoms with Crippen LogP contribution in [0.5, 0.6) is 5.75 Å². The third-order valence-electron chi connectivity index (χ3n) is 7.20. The number of para-hydroxylation sites is 1. The molecular weight excluding hydrogens is 554 g/mol. The molecule has 2 amide bonds. The third-order valence-corrected chi connectivity index (χ3v) is 7.20. The maximum absolute atomic E-state index is 12.6. The molecule has 44 heavy (non-hydrogen) atoms. The van der Waals surface area contributed by atoms with Crippen molar-refractivity contribution in [3.8, 4) is 5.75 Å². The fourth-order valence-corrected chi connectivity index (χ4v) is 4.71. The van der Waals surface area contributed by atoms with Crippen molar-refractivity contribution in [2.75, 3.05) is 18.9 Å². The minimum absolute atomic E-state index is 0.0753. The largest absolute Gasteiger partial charge is 0.494 e. The highest BCUT2D eigenvalue weighted by Crippen LogP contribution is 2.18. The number of carbonyl (C=O) groups excluding carboxylic acids is 2. The van der Waals surface area contributed by atoms with E-state index in [-0.39, 0.29) is 24.3 Å². The van der Waals surface area contributed by atoms with Gasteiger partial charge in [0, 0.05) is 48.6 Å². The lowest BCUT2D eigenvalue weighted by Gasteiger charge is -2.17. The van der Waals surface area contributed by atoms with Gasteiger partial charge in [-0.1, -0.05) is 60.7 Å². The molecule has 0 bridgehead atoms. The first-order chi connectivity index (χ1) is 21.3. The summed E-state index contributed by atoms with van der Waals surface area (Å²) in [6.45, 7) is 5.71. The minimum Gasteiger partial charge on any atom is -0.494 e. The lowest BCUT2D eigenvalue weighted by Crippen LogP contribution is -2.32. The number of carbonyl (C=O) groups is 2. The van der Waals surface area contributed by atoms with Crippen LogP contribution in [0.15, 0.2) is 91.1 Å². The second-order valence-electron chi connectivity index (χ2n) is 10.7. The Morgan fingerprint density at radius 3 is 2.30 bits per heavy atom. The van der Waals surface area contributed by atoms with E-state index < -0.39 is 6.10 Å². The summed E-state index contributed by atoms with van der Waals surface area (Å²) >= 11 is 0. The van der Waals surface area contributed by atoms with Crippen LogP contribution in [0.2, 0.25) is 0 Å². The molecule has 4 aromatic rings. The van der Waals surface area contributed by atoms with Crippen molar-refractivity contribution in [1.29, 1.82) is 0 Å². The predicted molar refractivity (Wildman–Crippen MR) is 172 cm³/mol. The molecule has 2 unspecified atom stereocenters. The summed E-state index contributed by atoms with van der Waals surface area (Å²) in [6.07, 6.45) is 1.99. The number of hydrogen-bond donors (Lipinski definition) is 5. The third kappa shape index (κ3) is 9.93. The molecule has 0 aliphatic carbocycles. The van der Waals surface area contributed by atoms with Gasteiger partial charge in [-0.25, -0.2) is 4.98 Å². The lowest BCUT2D eigenvalue weighted by atomic mass is 10.0. The van der Waals surface area contributed by atoms with Crippen LogP contribution in [0.1, 0.15) is 58.1 Å². The minimum atomic E-state index is -0.663. The standard InChI is InChI=1S/C35H41N5O4/c1-3-44-32-7-5-4-6-30(32)22-40-35(43)28-14-12-27(13-15-28)20-39-34(42)19-26-10-8-25(9-11-26)18-24(2)37-23-31(41)29-16-17-33(36)38-21-29/h4-17,21,24,31,37,41H,3,18-20,22-23H2,1-2H3,(H2,36,38)(H,39,42)(H,40,43). The number of aliphatic hydroxyl groups is 1. The molecule has 6 N–H and O–H groups in total. The number of aliphatic hydroxyl groups excluding tert-OH is 1. The summed E-state index contributed by atoms with van der Waals surface area (Å²) in [5, 5.41) is 19.6. The predicted octanol–water partition coefficient (Wildman–Crippen LogP) is 4.11. The average molecular weight is 596 g/mol. The van der Waals surface area contributed by atoms with E-state index in [9.17, 15) is 14.7 Å². The molecule has 0 saturated carbocycles. The van der Waals surface area contributed by atoms with Crippen LogP contribution in [0, 0.1) is 0 Å². The second-order valence-corrected chi connectivity index (χ2v) is 10.7. The van der Waals surface area contributed by atoms with Crippen molar-refractivity contribution in [2.45, 2.75) is 51.9 Å². The second kappa shape index (κ2) is 16.2. The van der Waals surface area contributed by atoms with Gasteiger partial charge in [0.1, 0.15) is 11.6 Å². The van der Waals surface area contributed by atoms with Gasteiger partial charge in [0.25, 0.3) is 5.91 Å². The zero-order chi connectivity index (χ0) is 31.3. The highest BCUT2D eigenvalue weighted by molar-refractivity contribution is 5.94. The summed E-state index contributed by atoms with van der Waals surface area (Å²) in [7, 11) is 0. The van der Waals surface area contributed by atoms with Gasteiger partial charge in [0.15, 0.2) is 0 Å². The first-order valence-electron chi connectivity index (χ1n) is 14.9. The number of rotatable bonds is 15. The van der Waals surface area contributed by atoms with Crippen LogP contribution in [-0.4, -0.2) is 41.1 Å². The van der Waals surface area contributed by atoms with Gasteiger partial charge in [-0.2, -0.15) is 0 Å². The molecule has 0 fully saturated rings. The Hall–Kier alpha value is -4.73. The quantitative estimate of drug-likeness (QED) is 0.139. The SMILES string of the molecule is CCOc1ccccc1CNC(=O)c1ccc(CNC(=O)Cc2ccc(CC(C)NCC(O)c3ccc(N)nc3)cc2)cc1. The number of aromatic nitrogens is 1. The Bertz CT molecular complexity index is 1490. The topological polar surface area (TPSA) is 139 Å². The van der Waals surface area contributed by atoms with Gasteiger partial charge in [-0.3, -0.25) is 9.59 Å². The number of ether oxygens (including phenoxy) is 1. The number of benzene rings is 3. The molecular formula is C35H41N5O4. The van der Waals surface area contributed by atoms with Crippen LogP contribution >= 0.6 is 0 Å². The summed E-state index contributed by atoms with van der Waals surface area (Å²) in [5.74, 6) is 0.942. The van der Waals surface area contributed by atoms with Gasteiger partial charge in [0.05, 0.1) is 19.1 Å². The molecule has 0 radical (unpaired) electrons. The molecule has 2 atom stereocenters. The first kappa shape index (κ1) is 32.2. The zero-order valence-corrected chi connectivity index (χ0v) is 25.3. The molecule has 9 heteroatoms. The molecule has 0 aliphatic heterocycles. The van der Waals surface area contributed by atoms with Crippen LogP contribution in [0.4, 0.5) is 5.82 Å². The zero-order valence-electron chi connectivity index (χ0n) is 25.3. The summed E-state index contributed by atoms with van der Waals surface area (Å²) in [5.41, 5.74) is 10.8. The number of nitrogen functional groups attached to an aromatic ring is 1. The lowest BCUT2D eigenvalue weighted by molar-refractivity contribution is -0.120. The van der Waals surface area contributed by atoms with E-state index in [1.54, 1.807) is 30.5 Å². The number of amides is 2. The van der Waals surface area contributed by atoms with E-state index in [0.717, 1.165) is 40.0 Å². The van der Waals surface area contributed by atoms with Gasteiger partial charge in [0.2, 0.25) is 5.91 Å².